The fourth-order valence-corrected chi connectivity index (χ4v) is 12.8. The molecule has 0 N–H and O–H groups in total. The van der Waals surface area contributed by atoms with E-state index in [2.05, 4.69) is 65.0 Å². The zero-order valence-corrected chi connectivity index (χ0v) is 15.4. The molecule has 3 heteroatoms. The molecule has 1 fully saturated rings. The number of hydrogen-bond donors (Lipinski definition) is 0. The van der Waals surface area contributed by atoms with Gasteiger partial charge < -0.3 is 0 Å². The van der Waals surface area contributed by atoms with Crippen LogP contribution in [-0.2, 0) is 0 Å². The third-order valence-corrected chi connectivity index (χ3v) is 14.1. The Morgan fingerprint density at radius 2 is 1.17 bits per heavy atom. The van der Waals surface area contributed by atoms with E-state index in [1.54, 1.807) is 0 Å². The summed E-state index contributed by atoms with van der Waals surface area (Å²) in [5.41, 5.74) is 0. The fourth-order valence-electron chi connectivity index (χ4n) is 5.18. The average Bonchev–Trinajstić information content (AvgIpc) is 2.94. The Bertz CT molecular complexity index is 734. The van der Waals surface area contributed by atoms with Crippen molar-refractivity contribution in [2.45, 2.75) is 44.9 Å². The Labute approximate surface area is 138 Å². The SMILES string of the molecule is CC1C(C)(C)P2(c3ccccc3)(Oc3ccccc3O2)C1(C)C. The summed E-state index contributed by atoms with van der Waals surface area (Å²) in [7, 11) is -3.14. The molecular formula is C20H25O2P. The van der Waals surface area contributed by atoms with Crippen LogP contribution in [0.25, 0.3) is 0 Å². The summed E-state index contributed by atoms with van der Waals surface area (Å²) in [4.78, 5) is 0. The summed E-state index contributed by atoms with van der Waals surface area (Å²) in [5, 5.41) is 1.13. The molecule has 0 saturated carbocycles. The third-order valence-electron chi connectivity index (χ3n) is 6.83. The monoisotopic (exact) mass is 328 g/mol. The Hall–Kier alpha value is -1.53. The molecule has 2 aromatic carbocycles. The van der Waals surface area contributed by atoms with Crippen LogP contribution >= 0.6 is 7.06 Å². The van der Waals surface area contributed by atoms with Crippen molar-refractivity contribution < 1.29 is 9.05 Å². The second-order valence-corrected chi connectivity index (χ2v) is 13.1. The first-order valence-corrected chi connectivity index (χ1v) is 10.4. The zero-order valence-electron chi connectivity index (χ0n) is 14.5. The molecule has 23 heavy (non-hydrogen) atoms. The molecule has 0 atom stereocenters. The van der Waals surface area contributed by atoms with Crippen molar-refractivity contribution in [3.63, 3.8) is 0 Å². The zero-order chi connectivity index (χ0) is 16.5. The summed E-state index contributed by atoms with van der Waals surface area (Å²) in [6.45, 7) is 11.6. The standard InChI is InChI=1S/C20H25O2P/c1-15-19(2,3)23(20(15,4)5,16-11-7-6-8-12-16)21-17-13-9-10-14-18(17)22-23/h6-15H,1-5H3. The molecule has 1 spiro atoms. The molecule has 2 aliphatic heterocycles. The molecule has 4 rings (SSSR count). The van der Waals surface area contributed by atoms with Gasteiger partial charge in [0.1, 0.15) is 0 Å². The summed E-state index contributed by atoms with van der Waals surface area (Å²) in [6.07, 6.45) is 0. The van der Waals surface area contributed by atoms with E-state index < -0.39 is 7.06 Å². The molecule has 0 unspecified atom stereocenters. The number of hydrogen-bond acceptors (Lipinski definition) is 2. The van der Waals surface area contributed by atoms with Gasteiger partial charge in [-0.15, -0.1) is 0 Å². The first-order valence-electron chi connectivity index (χ1n) is 8.34. The number of fused-ring (bicyclic) bond motifs is 1. The van der Waals surface area contributed by atoms with E-state index in [9.17, 15) is 0 Å². The summed E-state index contributed by atoms with van der Waals surface area (Å²) in [6, 6.07) is 18.8. The normalized spacial score (nSPS) is 26.9. The van der Waals surface area contributed by atoms with Crippen molar-refractivity contribution in [2.24, 2.45) is 5.92 Å². The van der Waals surface area contributed by atoms with E-state index in [4.69, 9.17) is 9.05 Å². The predicted molar refractivity (Wildman–Crippen MR) is 98.0 cm³/mol. The topological polar surface area (TPSA) is 18.5 Å². The van der Waals surface area contributed by atoms with E-state index in [1.807, 2.05) is 24.3 Å². The predicted octanol–water partition coefficient (Wildman–Crippen LogP) is 5.37. The van der Waals surface area contributed by atoms with Crippen LogP contribution in [0, 0.1) is 5.92 Å². The van der Waals surface area contributed by atoms with Crippen molar-refractivity contribution in [3.8, 4) is 11.5 Å². The molecule has 0 bridgehead atoms. The molecule has 2 heterocycles. The van der Waals surface area contributed by atoms with Crippen LogP contribution in [-0.4, -0.2) is 10.3 Å². The second-order valence-electron chi connectivity index (χ2n) is 7.95. The maximum atomic E-state index is 6.91. The van der Waals surface area contributed by atoms with Crippen molar-refractivity contribution in [2.75, 3.05) is 0 Å². The number of benzene rings is 2. The summed E-state index contributed by atoms with van der Waals surface area (Å²) >= 11 is 0. The molecule has 0 amide bonds. The van der Waals surface area contributed by atoms with Gasteiger partial charge in [0.05, 0.1) is 0 Å². The third kappa shape index (κ3) is 1.29. The van der Waals surface area contributed by atoms with Gasteiger partial charge in [-0.25, -0.2) is 0 Å². The van der Waals surface area contributed by atoms with Gasteiger partial charge in [-0.2, -0.15) is 0 Å². The van der Waals surface area contributed by atoms with Gasteiger partial charge in [-0.1, -0.05) is 0 Å². The van der Waals surface area contributed by atoms with Crippen LogP contribution in [0.2, 0.25) is 0 Å². The molecule has 2 aromatic rings. The number of para-hydroxylation sites is 2. The van der Waals surface area contributed by atoms with Gasteiger partial charge in [-0.05, 0) is 0 Å². The first kappa shape index (κ1) is 15.0. The van der Waals surface area contributed by atoms with Crippen molar-refractivity contribution >= 4 is 12.4 Å². The van der Waals surface area contributed by atoms with Gasteiger partial charge in [-0.3, -0.25) is 0 Å². The Morgan fingerprint density at radius 1 is 0.739 bits per heavy atom. The maximum absolute atomic E-state index is 6.91. The van der Waals surface area contributed by atoms with Crippen LogP contribution in [0.4, 0.5) is 0 Å². The molecule has 1 saturated heterocycles. The van der Waals surface area contributed by atoms with E-state index >= 15 is 0 Å². The fraction of sp³-hybridized carbons (Fsp3) is 0.400. The average molecular weight is 328 g/mol. The first-order chi connectivity index (χ1) is 10.8. The van der Waals surface area contributed by atoms with Gasteiger partial charge in [0, 0.05) is 0 Å². The van der Waals surface area contributed by atoms with Crippen LogP contribution in [0.1, 0.15) is 34.6 Å². The summed E-state index contributed by atoms with van der Waals surface area (Å²) in [5.74, 6) is 2.28. The Morgan fingerprint density at radius 3 is 1.65 bits per heavy atom. The minimum atomic E-state index is -3.14. The van der Waals surface area contributed by atoms with E-state index in [1.165, 1.54) is 5.30 Å². The minimum absolute atomic E-state index is 0.0462. The quantitative estimate of drug-likeness (QED) is 0.655. The molecule has 2 aliphatic rings. The van der Waals surface area contributed by atoms with E-state index in [-0.39, 0.29) is 10.3 Å². The molecule has 122 valence electrons. The van der Waals surface area contributed by atoms with Crippen molar-refractivity contribution in [1.82, 2.24) is 0 Å². The number of rotatable bonds is 1. The molecule has 0 radical (unpaired) electrons. The van der Waals surface area contributed by atoms with Crippen LogP contribution in [0.3, 0.4) is 0 Å². The molecule has 2 nitrogen and oxygen atoms in total. The Balaban J connectivity index is 2.07. The van der Waals surface area contributed by atoms with Crippen LogP contribution in [0.15, 0.2) is 54.6 Å². The van der Waals surface area contributed by atoms with E-state index in [0.29, 0.717) is 5.92 Å². The van der Waals surface area contributed by atoms with Gasteiger partial charge >= 0.3 is 138 Å². The molecule has 0 aliphatic carbocycles. The van der Waals surface area contributed by atoms with Crippen molar-refractivity contribution in [1.29, 1.82) is 0 Å². The molecular weight excluding hydrogens is 303 g/mol. The van der Waals surface area contributed by atoms with Gasteiger partial charge in [0.25, 0.3) is 0 Å². The Kier molecular flexibility index (Phi) is 2.68. The second kappa shape index (κ2) is 4.11. The van der Waals surface area contributed by atoms with Gasteiger partial charge in [0.15, 0.2) is 0 Å². The molecule has 0 aromatic heterocycles. The van der Waals surface area contributed by atoms with Crippen LogP contribution in [0.5, 0.6) is 11.5 Å². The van der Waals surface area contributed by atoms with Crippen LogP contribution < -0.4 is 14.4 Å². The van der Waals surface area contributed by atoms with Crippen molar-refractivity contribution in [3.05, 3.63) is 54.6 Å². The van der Waals surface area contributed by atoms with E-state index in [0.717, 1.165) is 11.5 Å². The summed E-state index contributed by atoms with van der Waals surface area (Å²) < 4.78 is 13.8. The van der Waals surface area contributed by atoms with Gasteiger partial charge in [0.2, 0.25) is 0 Å².